The Labute approximate surface area is 118 Å². The van der Waals surface area contributed by atoms with Crippen LogP contribution < -0.4 is 10.6 Å². The van der Waals surface area contributed by atoms with E-state index in [0.29, 0.717) is 6.54 Å². The minimum atomic E-state index is -0.444. The fourth-order valence-electron chi connectivity index (χ4n) is 1.50. The number of hydrogen-bond acceptors (Lipinski definition) is 3. The van der Waals surface area contributed by atoms with E-state index in [2.05, 4.69) is 16.7 Å². The number of carbonyl (C=O) groups is 2. The normalized spacial score (nSPS) is 11.8. The third kappa shape index (κ3) is 4.95. The molecule has 0 spiro atoms. The Bertz CT molecular complexity index is 475. The lowest BCUT2D eigenvalue weighted by Gasteiger charge is -2.13. The summed E-state index contributed by atoms with van der Waals surface area (Å²) in [5, 5.41) is 4.54. The third-order valence-corrected chi connectivity index (χ3v) is 3.85. The van der Waals surface area contributed by atoms with E-state index < -0.39 is 6.03 Å². The average molecular weight is 280 g/mol. The SMILES string of the molecule is CCNC(=O)NC(=O)[C@H](C)Sc1cc(C)ccc1C. The van der Waals surface area contributed by atoms with Gasteiger partial charge in [-0.3, -0.25) is 10.1 Å². The van der Waals surface area contributed by atoms with E-state index in [-0.39, 0.29) is 11.2 Å². The molecule has 0 unspecified atom stereocenters. The first-order valence-corrected chi connectivity index (χ1v) is 7.14. The van der Waals surface area contributed by atoms with E-state index in [1.807, 2.05) is 26.0 Å². The van der Waals surface area contributed by atoms with Gasteiger partial charge in [0, 0.05) is 11.4 Å². The molecule has 0 bridgehead atoms. The molecule has 0 heterocycles. The Morgan fingerprint density at radius 1 is 1.32 bits per heavy atom. The monoisotopic (exact) mass is 280 g/mol. The highest BCUT2D eigenvalue weighted by Gasteiger charge is 2.17. The number of carbonyl (C=O) groups excluding carboxylic acids is 2. The summed E-state index contributed by atoms with van der Waals surface area (Å²) in [4.78, 5) is 24.2. The van der Waals surface area contributed by atoms with Gasteiger partial charge in [-0.2, -0.15) is 0 Å². The summed E-state index contributed by atoms with van der Waals surface area (Å²) < 4.78 is 0. The highest BCUT2D eigenvalue weighted by molar-refractivity contribution is 8.00. The number of rotatable bonds is 4. The Kier molecular flexibility index (Phi) is 5.89. The number of hydrogen-bond donors (Lipinski definition) is 2. The number of amides is 3. The zero-order valence-electron chi connectivity index (χ0n) is 11.7. The molecule has 0 fully saturated rings. The largest absolute Gasteiger partial charge is 0.338 e. The van der Waals surface area contributed by atoms with Crippen LogP contribution in [0, 0.1) is 13.8 Å². The van der Waals surface area contributed by atoms with Gasteiger partial charge in [-0.1, -0.05) is 17.7 Å². The maximum absolute atomic E-state index is 11.8. The van der Waals surface area contributed by atoms with Crippen molar-refractivity contribution < 1.29 is 9.59 Å². The van der Waals surface area contributed by atoms with Crippen LogP contribution in [0.3, 0.4) is 0 Å². The van der Waals surface area contributed by atoms with Crippen LogP contribution in [0.2, 0.25) is 0 Å². The summed E-state index contributed by atoms with van der Waals surface area (Å²) in [6, 6.07) is 5.68. The fraction of sp³-hybridized carbons (Fsp3) is 0.429. The zero-order valence-corrected chi connectivity index (χ0v) is 12.6. The molecule has 0 aromatic heterocycles. The van der Waals surface area contributed by atoms with Crippen LogP contribution in [0.1, 0.15) is 25.0 Å². The quantitative estimate of drug-likeness (QED) is 0.834. The Balaban J connectivity index is 2.63. The molecule has 1 atom stereocenters. The van der Waals surface area contributed by atoms with E-state index in [1.54, 1.807) is 13.8 Å². The van der Waals surface area contributed by atoms with Crippen LogP contribution in [-0.4, -0.2) is 23.7 Å². The first-order chi connectivity index (χ1) is 8.93. The van der Waals surface area contributed by atoms with E-state index in [0.717, 1.165) is 16.0 Å². The van der Waals surface area contributed by atoms with Crippen molar-refractivity contribution >= 4 is 23.7 Å². The van der Waals surface area contributed by atoms with E-state index in [1.165, 1.54) is 11.8 Å². The molecule has 4 nitrogen and oxygen atoms in total. The molecular formula is C14H20N2O2S. The number of imide groups is 1. The van der Waals surface area contributed by atoms with Gasteiger partial charge in [0.15, 0.2) is 0 Å². The van der Waals surface area contributed by atoms with Crippen LogP contribution in [0.25, 0.3) is 0 Å². The number of urea groups is 1. The summed E-state index contributed by atoms with van der Waals surface area (Å²) in [7, 11) is 0. The van der Waals surface area contributed by atoms with Gasteiger partial charge in [0.25, 0.3) is 0 Å². The molecule has 19 heavy (non-hydrogen) atoms. The molecule has 0 aliphatic heterocycles. The molecule has 104 valence electrons. The molecule has 0 aliphatic rings. The van der Waals surface area contributed by atoms with Crippen LogP contribution in [0.4, 0.5) is 4.79 Å². The van der Waals surface area contributed by atoms with Crippen LogP contribution in [0.15, 0.2) is 23.1 Å². The van der Waals surface area contributed by atoms with Crippen molar-refractivity contribution in [2.75, 3.05) is 6.54 Å². The van der Waals surface area contributed by atoms with Crippen LogP contribution in [-0.2, 0) is 4.79 Å². The standard InChI is InChI=1S/C14H20N2O2S/c1-5-15-14(18)16-13(17)11(4)19-12-8-9(2)6-7-10(12)3/h6-8,11H,5H2,1-4H3,(H2,15,16,17,18)/t11-/m0/s1. The third-order valence-electron chi connectivity index (χ3n) is 2.59. The van der Waals surface area contributed by atoms with Crippen molar-refractivity contribution in [2.45, 2.75) is 37.8 Å². The second kappa shape index (κ2) is 7.19. The van der Waals surface area contributed by atoms with Crippen molar-refractivity contribution in [3.05, 3.63) is 29.3 Å². The fourth-order valence-corrected chi connectivity index (χ4v) is 2.55. The summed E-state index contributed by atoms with van der Waals surface area (Å²) in [6.45, 7) is 8.12. The van der Waals surface area contributed by atoms with E-state index in [4.69, 9.17) is 0 Å². The topological polar surface area (TPSA) is 58.2 Å². The van der Waals surface area contributed by atoms with Crippen molar-refractivity contribution in [1.29, 1.82) is 0 Å². The van der Waals surface area contributed by atoms with Gasteiger partial charge in [0.2, 0.25) is 5.91 Å². The second-order valence-electron chi connectivity index (χ2n) is 4.38. The maximum Gasteiger partial charge on any atom is 0.321 e. The zero-order chi connectivity index (χ0) is 14.4. The number of nitrogens with one attached hydrogen (secondary N) is 2. The predicted octanol–water partition coefficient (Wildman–Crippen LogP) is 2.63. The van der Waals surface area contributed by atoms with Crippen molar-refractivity contribution in [2.24, 2.45) is 0 Å². The van der Waals surface area contributed by atoms with E-state index in [9.17, 15) is 9.59 Å². The molecule has 0 saturated heterocycles. The molecule has 0 radical (unpaired) electrons. The smallest absolute Gasteiger partial charge is 0.321 e. The van der Waals surface area contributed by atoms with Gasteiger partial charge < -0.3 is 5.32 Å². The van der Waals surface area contributed by atoms with Crippen molar-refractivity contribution in [1.82, 2.24) is 10.6 Å². The first kappa shape index (κ1) is 15.6. The number of thioether (sulfide) groups is 1. The molecule has 1 rings (SSSR count). The summed E-state index contributed by atoms with van der Waals surface area (Å²) in [5.74, 6) is -0.281. The minimum absolute atomic E-state index is 0.281. The maximum atomic E-state index is 11.8. The van der Waals surface area contributed by atoms with Gasteiger partial charge >= 0.3 is 6.03 Å². The minimum Gasteiger partial charge on any atom is -0.338 e. The highest BCUT2D eigenvalue weighted by Crippen LogP contribution is 2.27. The highest BCUT2D eigenvalue weighted by atomic mass is 32.2. The summed E-state index contributed by atoms with van der Waals surface area (Å²) in [5.41, 5.74) is 2.29. The van der Waals surface area contributed by atoms with Gasteiger partial charge in [-0.15, -0.1) is 11.8 Å². The molecule has 0 aliphatic carbocycles. The second-order valence-corrected chi connectivity index (χ2v) is 5.76. The van der Waals surface area contributed by atoms with Crippen molar-refractivity contribution in [3.8, 4) is 0 Å². The van der Waals surface area contributed by atoms with Crippen LogP contribution >= 0.6 is 11.8 Å². The lowest BCUT2D eigenvalue weighted by atomic mass is 10.2. The number of aryl methyl sites for hydroxylation is 2. The average Bonchev–Trinajstić information content (AvgIpc) is 2.34. The predicted molar refractivity (Wildman–Crippen MR) is 78.5 cm³/mol. The van der Waals surface area contributed by atoms with Gasteiger partial charge in [-0.05, 0) is 39.3 Å². The number of benzene rings is 1. The molecule has 3 amide bonds. The Hall–Kier alpha value is -1.49. The molecular weight excluding hydrogens is 260 g/mol. The summed E-state index contributed by atoms with van der Waals surface area (Å²) >= 11 is 1.46. The molecule has 2 N–H and O–H groups in total. The molecule has 0 saturated carbocycles. The lowest BCUT2D eigenvalue weighted by Crippen LogP contribution is -2.42. The van der Waals surface area contributed by atoms with Gasteiger partial charge in [0.1, 0.15) is 0 Å². The van der Waals surface area contributed by atoms with Crippen molar-refractivity contribution in [3.63, 3.8) is 0 Å². The first-order valence-electron chi connectivity index (χ1n) is 6.26. The molecule has 5 heteroatoms. The van der Waals surface area contributed by atoms with Crippen LogP contribution in [0.5, 0.6) is 0 Å². The Morgan fingerprint density at radius 2 is 2.00 bits per heavy atom. The van der Waals surface area contributed by atoms with Gasteiger partial charge in [0.05, 0.1) is 5.25 Å². The Morgan fingerprint density at radius 3 is 2.63 bits per heavy atom. The summed E-state index contributed by atoms with van der Waals surface area (Å²) in [6.07, 6.45) is 0. The molecule has 1 aromatic carbocycles. The van der Waals surface area contributed by atoms with Gasteiger partial charge in [-0.25, -0.2) is 4.79 Å². The lowest BCUT2D eigenvalue weighted by molar-refractivity contribution is -0.119. The molecule has 1 aromatic rings. The van der Waals surface area contributed by atoms with E-state index >= 15 is 0 Å².